The number of anilines is 1. The van der Waals surface area contributed by atoms with E-state index >= 15 is 0 Å². The first-order valence-electron chi connectivity index (χ1n) is 10.1. The molecule has 0 spiro atoms. The molecule has 6 heteroatoms. The van der Waals surface area contributed by atoms with Crippen molar-refractivity contribution in [3.63, 3.8) is 0 Å². The number of ether oxygens (including phenoxy) is 1. The van der Waals surface area contributed by atoms with Crippen LogP contribution in [0, 0.1) is 5.92 Å². The Kier molecular flexibility index (Phi) is 7.11. The number of nitrogens with two attached hydrogens (primary N) is 1. The summed E-state index contributed by atoms with van der Waals surface area (Å²) in [6.45, 7) is 2.12. The lowest BCUT2D eigenvalue weighted by Gasteiger charge is -2.33. The zero-order valence-corrected chi connectivity index (χ0v) is 16.9. The molecule has 6 nitrogen and oxygen atoms in total. The number of amides is 2. The van der Waals surface area contributed by atoms with Gasteiger partial charge in [-0.3, -0.25) is 9.59 Å². The highest BCUT2D eigenvalue weighted by atomic mass is 16.5. The van der Waals surface area contributed by atoms with Crippen LogP contribution in [0.4, 0.5) is 5.69 Å². The second-order valence-corrected chi connectivity index (χ2v) is 7.48. The first-order valence-corrected chi connectivity index (χ1v) is 10.1. The zero-order chi connectivity index (χ0) is 20.6. The second kappa shape index (κ2) is 9.96. The average Bonchev–Trinajstić information content (AvgIpc) is 2.77. The summed E-state index contributed by atoms with van der Waals surface area (Å²) in [5.41, 5.74) is 8.71. The molecule has 1 fully saturated rings. The number of carbonyl (C=O) groups excluding carboxylic acids is 2. The number of nitrogens with one attached hydrogen (secondary N) is 1. The van der Waals surface area contributed by atoms with Crippen molar-refractivity contribution in [3.8, 4) is 5.75 Å². The van der Waals surface area contributed by atoms with Crippen molar-refractivity contribution >= 4 is 17.5 Å². The van der Waals surface area contributed by atoms with Crippen molar-refractivity contribution in [2.75, 3.05) is 25.1 Å². The van der Waals surface area contributed by atoms with E-state index in [2.05, 4.69) is 10.2 Å². The van der Waals surface area contributed by atoms with Crippen LogP contribution in [0.1, 0.15) is 30.4 Å². The third-order valence-corrected chi connectivity index (χ3v) is 5.41. The lowest BCUT2D eigenvalue weighted by atomic mass is 9.97. The number of methoxy groups -OCH3 is 1. The maximum atomic E-state index is 12.1. The molecule has 1 saturated heterocycles. The van der Waals surface area contributed by atoms with Crippen molar-refractivity contribution < 1.29 is 14.3 Å². The SMILES string of the molecule is COc1ccc(CCC(=O)NCc2ccc(N3CCC[C@@H](C(N)=O)C3)cc2)cc1. The Bertz CT molecular complexity index is 818. The quantitative estimate of drug-likeness (QED) is 0.720. The smallest absolute Gasteiger partial charge is 0.222 e. The molecule has 0 aliphatic carbocycles. The van der Waals surface area contributed by atoms with Crippen molar-refractivity contribution in [1.29, 1.82) is 0 Å². The van der Waals surface area contributed by atoms with E-state index in [0.717, 1.165) is 42.0 Å². The Balaban J connectivity index is 1.44. The van der Waals surface area contributed by atoms with E-state index < -0.39 is 0 Å². The van der Waals surface area contributed by atoms with E-state index in [-0.39, 0.29) is 17.7 Å². The maximum Gasteiger partial charge on any atom is 0.222 e. The summed E-state index contributed by atoms with van der Waals surface area (Å²) in [7, 11) is 1.64. The first-order chi connectivity index (χ1) is 14.0. The summed E-state index contributed by atoms with van der Waals surface area (Å²) < 4.78 is 5.14. The number of piperidine rings is 1. The fourth-order valence-electron chi connectivity index (χ4n) is 3.61. The number of carbonyl (C=O) groups is 2. The van der Waals surface area contributed by atoms with Crippen LogP contribution >= 0.6 is 0 Å². The molecular weight excluding hydrogens is 366 g/mol. The highest BCUT2D eigenvalue weighted by Gasteiger charge is 2.24. The van der Waals surface area contributed by atoms with Gasteiger partial charge in [-0.1, -0.05) is 24.3 Å². The van der Waals surface area contributed by atoms with Crippen molar-refractivity contribution in [1.82, 2.24) is 5.32 Å². The molecule has 2 aromatic rings. The summed E-state index contributed by atoms with van der Waals surface area (Å²) in [6, 6.07) is 15.9. The van der Waals surface area contributed by atoms with E-state index in [1.807, 2.05) is 48.5 Å². The minimum Gasteiger partial charge on any atom is -0.497 e. The Morgan fingerprint density at radius 1 is 1.10 bits per heavy atom. The highest BCUT2D eigenvalue weighted by molar-refractivity contribution is 5.77. The highest BCUT2D eigenvalue weighted by Crippen LogP contribution is 2.23. The Hall–Kier alpha value is -3.02. The van der Waals surface area contributed by atoms with E-state index in [0.29, 0.717) is 25.9 Å². The molecule has 1 heterocycles. The lowest BCUT2D eigenvalue weighted by molar-refractivity contribution is -0.122. The fraction of sp³-hybridized carbons (Fsp3) is 0.391. The predicted molar refractivity (Wildman–Crippen MR) is 114 cm³/mol. The van der Waals surface area contributed by atoms with Gasteiger partial charge in [0.25, 0.3) is 0 Å². The molecule has 2 aromatic carbocycles. The van der Waals surface area contributed by atoms with Crippen LogP contribution in [0.3, 0.4) is 0 Å². The topological polar surface area (TPSA) is 84.7 Å². The number of aryl methyl sites for hydroxylation is 1. The van der Waals surface area contributed by atoms with E-state index in [1.54, 1.807) is 7.11 Å². The summed E-state index contributed by atoms with van der Waals surface area (Å²) >= 11 is 0. The van der Waals surface area contributed by atoms with Crippen molar-refractivity contribution in [2.45, 2.75) is 32.2 Å². The molecule has 0 aromatic heterocycles. The minimum atomic E-state index is -0.219. The van der Waals surface area contributed by atoms with Gasteiger partial charge < -0.3 is 20.7 Å². The summed E-state index contributed by atoms with van der Waals surface area (Å²) in [5, 5.41) is 2.97. The summed E-state index contributed by atoms with van der Waals surface area (Å²) in [5.74, 6) is 0.554. The van der Waals surface area contributed by atoms with Gasteiger partial charge in [0.2, 0.25) is 11.8 Å². The molecule has 0 bridgehead atoms. The van der Waals surface area contributed by atoms with Gasteiger partial charge in [-0.2, -0.15) is 0 Å². The Morgan fingerprint density at radius 3 is 2.45 bits per heavy atom. The molecule has 1 aliphatic heterocycles. The number of primary amides is 1. The van der Waals surface area contributed by atoms with Crippen LogP contribution in [0.2, 0.25) is 0 Å². The lowest BCUT2D eigenvalue weighted by Crippen LogP contribution is -2.41. The molecule has 154 valence electrons. The summed E-state index contributed by atoms with van der Waals surface area (Å²) in [4.78, 5) is 25.8. The van der Waals surface area contributed by atoms with E-state index in [1.165, 1.54) is 0 Å². The van der Waals surface area contributed by atoms with Gasteiger partial charge in [-0.15, -0.1) is 0 Å². The predicted octanol–water partition coefficient (Wildman–Crippen LogP) is 2.65. The minimum absolute atomic E-state index is 0.0326. The second-order valence-electron chi connectivity index (χ2n) is 7.48. The van der Waals surface area contributed by atoms with Crippen LogP contribution in [-0.4, -0.2) is 32.0 Å². The van der Waals surface area contributed by atoms with Gasteiger partial charge in [-0.05, 0) is 54.7 Å². The van der Waals surface area contributed by atoms with Crippen LogP contribution < -0.4 is 20.7 Å². The standard InChI is InChI=1S/C23H29N3O3/c1-29-21-11-6-17(7-12-21)8-13-22(27)25-15-18-4-9-20(10-5-18)26-14-2-3-19(16-26)23(24)28/h4-7,9-12,19H,2-3,8,13-16H2,1H3,(H2,24,28)(H,25,27)/t19-/m1/s1. The number of nitrogens with zero attached hydrogens (tertiary/aromatic N) is 1. The number of benzene rings is 2. The molecule has 0 unspecified atom stereocenters. The van der Waals surface area contributed by atoms with Crippen molar-refractivity contribution in [3.05, 3.63) is 59.7 Å². The van der Waals surface area contributed by atoms with E-state index in [4.69, 9.17) is 10.5 Å². The average molecular weight is 396 g/mol. The van der Waals surface area contributed by atoms with Crippen LogP contribution in [0.15, 0.2) is 48.5 Å². The van der Waals surface area contributed by atoms with Crippen LogP contribution in [0.25, 0.3) is 0 Å². The fourth-order valence-corrected chi connectivity index (χ4v) is 3.61. The first kappa shape index (κ1) is 20.7. The molecule has 29 heavy (non-hydrogen) atoms. The van der Waals surface area contributed by atoms with Crippen LogP contribution in [-0.2, 0) is 22.6 Å². The van der Waals surface area contributed by atoms with Gasteiger partial charge in [0.05, 0.1) is 13.0 Å². The number of rotatable bonds is 8. The normalized spacial score (nSPS) is 16.3. The van der Waals surface area contributed by atoms with Gasteiger partial charge in [0.1, 0.15) is 5.75 Å². The molecule has 3 rings (SSSR count). The third-order valence-electron chi connectivity index (χ3n) is 5.41. The molecule has 0 saturated carbocycles. The molecular formula is C23H29N3O3. The Morgan fingerprint density at radius 2 is 1.79 bits per heavy atom. The molecule has 1 atom stereocenters. The van der Waals surface area contributed by atoms with E-state index in [9.17, 15) is 9.59 Å². The van der Waals surface area contributed by atoms with Gasteiger partial charge >= 0.3 is 0 Å². The molecule has 3 N–H and O–H groups in total. The number of hydrogen-bond donors (Lipinski definition) is 2. The largest absolute Gasteiger partial charge is 0.497 e. The van der Waals surface area contributed by atoms with Gasteiger partial charge in [0.15, 0.2) is 0 Å². The Labute approximate surface area is 172 Å². The molecule has 2 amide bonds. The molecule has 1 aliphatic rings. The van der Waals surface area contributed by atoms with Crippen molar-refractivity contribution in [2.24, 2.45) is 11.7 Å². The summed E-state index contributed by atoms with van der Waals surface area (Å²) in [6.07, 6.45) is 2.99. The monoisotopic (exact) mass is 395 g/mol. The third kappa shape index (κ3) is 5.98. The molecule has 0 radical (unpaired) electrons. The zero-order valence-electron chi connectivity index (χ0n) is 16.9. The van der Waals surface area contributed by atoms with Crippen LogP contribution in [0.5, 0.6) is 5.75 Å². The number of hydrogen-bond acceptors (Lipinski definition) is 4. The maximum absolute atomic E-state index is 12.1. The van der Waals surface area contributed by atoms with Gasteiger partial charge in [-0.25, -0.2) is 0 Å². The van der Waals surface area contributed by atoms with Gasteiger partial charge in [0, 0.05) is 31.7 Å².